The lowest BCUT2D eigenvalue weighted by atomic mass is 9.81. The van der Waals surface area contributed by atoms with Crippen molar-refractivity contribution >= 4 is 27.1 Å². The van der Waals surface area contributed by atoms with E-state index >= 15 is 0 Å². The molecular formula is C28H39O2PSi. The van der Waals surface area contributed by atoms with E-state index in [9.17, 15) is 0 Å². The van der Waals surface area contributed by atoms with Crippen LogP contribution in [0.2, 0.25) is 18.1 Å². The van der Waals surface area contributed by atoms with Crippen molar-refractivity contribution in [3.63, 3.8) is 0 Å². The van der Waals surface area contributed by atoms with Gasteiger partial charge in [-0.3, -0.25) is 0 Å². The van der Waals surface area contributed by atoms with Gasteiger partial charge in [0.05, 0.1) is 20.9 Å². The Morgan fingerprint density at radius 1 is 1.00 bits per heavy atom. The summed E-state index contributed by atoms with van der Waals surface area (Å²) < 4.78 is 13.3. The zero-order valence-corrected chi connectivity index (χ0v) is 22.5. The van der Waals surface area contributed by atoms with Gasteiger partial charge < -0.3 is 8.95 Å². The standard InChI is InChI=1S/C28H39O2PSi/c1-22-20-24(23(2)27(21-22)30-32(6,7)28(3,4)5)18-19-29-31(25-14-10-8-11-15-25)26-16-12-9-13-17-26/h8-18,22,27H,2,19-21H2,1,3-7H3/b24-18-/t22-,27-/m0/s1. The van der Waals surface area contributed by atoms with Crippen molar-refractivity contribution in [2.75, 3.05) is 6.61 Å². The van der Waals surface area contributed by atoms with Crippen LogP contribution in [0.25, 0.3) is 0 Å². The lowest BCUT2D eigenvalue weighted by Gasteiger charge is -2.42. The summed E-state index contributed by atoms with van der Waals surface area (Å²) >= 11 is 0. The third kappa shape index (κ3) is 6.29. The predicted octanol–water partition coefficient (Wildman–Crippen LogP) is 7.35. The second-order valence-electron chi connectivity index (χ2n) is 10.4. The molecule has 1 fully saturated rings. The Balaban J connectivity index is 1.74. The maximum atomic E-state index is 6.78. The third-order valence-corrected chi connectivity index (χ3v) is 13.2. The van der Waals surface area contributed by atoms with Crippen molar-refractivity contribution in [3.05, 3.63) is 84.5 Å². The SMILES string of the molecule is C=C1/C(=C\COP(c2ccccc2)c2ccccc2)C[C@H](C)C[C@@H]1O[Si](C)(C)C(C)(C)C. The molecule has 0 N–H and O–H groups in total. The van der Waals surface area contributed by atoms with Crippen LogP contribution in [0.4, 0.5) is 0 Å². The van der Waals surface area contributed by atoms with Crippen molar-refractivity contribution in [2.45, 2.75) is 64.8 Å². The monoisotopic (exact) mass is 466 g/mol. The molecule has 2 atom stereocenters. The van der Waals surface area contributed by atoms with Gasteiger partial charge in [0.25, 0.3) is 0 Å². The molecule has 172 valence electrons. The van der Waals surface area contributed by atoms with Gasteiger partial charge in [-0.05, 0) is 48.0 Å². The van der Waals surface area contributed by atoms with E-state index in [1.54, 1.807) is 0 Å². The molecule has 1 aliphatic carbocycles. The van der Waals surface area contributed by atoms with E-state index in [0.29, 0.717) is 12.5 Å². The normalized spacial score (nSPS) is 21.3. The smallest absolute Gasteiger partial charge is 0.192 e. The number of hydrogen-bond donors (Lipinski definition) is 0. The molecule has 32 heavy (non-hydrogen) atoms. The summed E-state index contributed by atoms with van der Waals surface area (Å²) in [7, 11) is -2.70. The highest BCUT2D eigenvalue weighted by molar-refractivity contribution is 7.68. The Morgan fingerprint density at radius 2 is 1.53 bits per heavy atom. The van der Waals surface area contributed by atoms with Crippen molar-refractivity contribution in [1.29, 1.82) is 0 Å². The van der Waals surface area contributed by atoms with Crippen molar-refractivity contribution in [2.24, 2.45) is 5.92 Å². The van der Waals surface area contributed by atoms with Gasteiger partial charge in [-0.15, -0.1) is 0 Å². The molecule has 4 heteroatoms. The molecule has 1 saturated carbocycles. The van der Waals surface area contributed by atoms with Gasteiger partial charge >= 0.3 is 0 Å². The Hall–Kier alpha value is -1.51. The minimum atomic E-state index is -1.85. The van der Waals surface area contributed by atoms with Crippen LogP contribution in [0.5, 0.6) is 0 Å². The van der Waals surface area contributed by atoms with Gasteiger partial charge in [0.15, 0.2) is 8.32 Å². The molecule has 2 aromatic carbocycles. The van der Waals surface area contributed by atoms with E-state index in [0.717, 1.165) is 18.4 Å². The third-order valence-electron chi connectivity index (χ3n) is 6.74. The minimum absolute atomic E-state index is 0.121. The Morgan fingerprint density at radius 3 is 2.03 bits per heavy atom. The van der Waals surface area contributed by atoms with E-state index < -0.39 is 16.5 Å². The molecule has 0 bridgehead atoms. The van der Waals surface area contributed by atoms with Crippen LogP contribution in [-0.2, 0) is 8.95 Å². The number of benzene rings is 2. The molecule has 0 saturated heterocycles. The summed E-state index contributed by atoms with van der Waals surface area (Å²) in [6.45, 7) is 18.9. The predicted molar refractivity (Wildman–Crippen MR) is 143 cm³/mol. The molecule has 0 unspecified atom stereocenters. The topological polar surface area (TPSA) is 18.5 Å². The number of hydrogen-bond acceptors (Lipinski definition) is 2. The first kappa shape index (κ1) is 25.1. The summed E-state index contributed by atoms with van der Waals surface area (Å²) in [6.07, 6.45) is 4.48. The van der Waals surface area contributed by atoms with Crippen LogP contribution < -0.4 is 10.6 Å². The first-order valence-electron chi connectivity index (χ1n) is 11.7. The van der Waals surface area contributed by atoms with Gasteiger partial charge in [0.2, 0.25) is 0 Å². The average molecular weight is 467 g/mol. The highest BCUT2D eigenvalue weighted by Crippen LogP contribution is 2.42. The Bertz CT molecular complexity index is 876. The van der Waals surface area contributed by atoms with E-state index in [1.807, 2.05) is 0 Å². The highest BCUT2D eigenvalue weighted by atomic mass is 31.1. The fourth-order valence-corrected chi connectivity index (χ4v) is 6.82. The van der Waals surface area contributed by atoms with Gasteiger partial charge in [0.1, 0.15) is 0 Å². The van der Waals surface area contributed by atoms with E-state index in [-0.39, 0.29) is 11.1 Å². The van der Waals surface area contributed by atoms with Crippen molar-refractivity contribution in [3.8, 4) is 0 Å². The molecule has 0 heterocycles. The molecule has 1 aliphatic rings. The Labute approximate surface area is 197 Å². The van der Waals surface area contributed by atoms with Crippen LogP contribution in [0.3, 0.4) is 0 Å². The lowest BCUT2D eigenvalue weighted by molar-refractivity contribution is 0.174. The first-order chi connectivity index (χ1) is 15.1. The highest BCUT2D eigenvalue weighted by Gasteiger charge is 2.41. The second-order valence-corrected chi connectivity index (χ2v) is 17.1. The largest absolute Gasteiger partial charge is 0.410 e. The maximum absolute atomic E-state index is 6.78. The molecule has 2 aromatic rings. The molecule has 0 aromatic heterocycles. The first-order valence-corrected chi connectivity index (χ1v) is 15.8. The quantitative estimate of drug-likeness (QED) is 0.314. The molecule has 0 amide bonds. The van der Waals surface area contributed by atoms with Crippen LogP contribution in [0, 0.1) is 5.92 Å². The van der Waals surface area contributed by atoms with Crippen LogP contribution in [0.15, 0.2) is 84.5 Å². The van der Waals surface area contributed by atoms with Gasteiger partial charge in [-0.2, -0.15) is 0 Å². The molecule has 0 radical (unpaired) electrons. The van der Waals surface area contributed by atoms with Crippen molar-refractivity contribution in [1.82, 2.24) is 0 Å². The summed E-state index contributed by atoms with van der Waals surface area (Å²) in [5, 5.41) is 2.67. The van der Waals surface area contributed by atoms with Crippen LogP contribution >= 0.6 is 8.15 Å². The van der Waals surface area contributed by atoms with Gasteiger partial charge in [-0.25, -0.2) is 0 Å². The van der Waals surface area contributed by atoms with Crippen LogP contribution in [0.1, 0.15) is 40.5 Å². The van der Waals surface area contributed by atoms with E-state index in [2.05, 4.69) is 114 Å². The van der Waals surface area contributed by atoms with Crippen molar-refractivity contribution < 1.29 is 8.95 Å². The number of rotatable bonds is 7. The fraction of sp³-hybridized carbons (Fsp3) is 0.429. The second kappa shape index (κ2) is 10.6. The molecule has 0 spiro atoms. The average Bonchev–Trinajstić information content (AvgIpc) is 2.74. The molecule has 2 nitrogen and oxygen atoms in total. The minimum Gasteiger partial charge on any atom is -0.410 e. The summed E-state index contributed by atoms with van der Waals surface area (Å²) in [5.74, 6) is 0.589. The summed E-state index contributed by atoms with van der Waals surface area (Å²) in [5.41, 5.74) is 2.46. The lowest BCUT2D eigenvalue weighted by Crippen LogP contribution is -2.45. The molecular weight excluding hydrogens is 427 g/mol. The van der Waals surface area contributed by atoms with Gasteiger partial charge in [-0.1, -0.05) is 101 Å². The summed E-state index contributed by atoms with van der Waals surface area (Å²) in [6, 6.07) is 21.1. The molecule has 0 aliphatic heterocycles. The van der Waals surface area contributed by atoms with Gasteiger partial charge in [0, 0.05) is 10.6 Å². The molecule has 3 rings (SSSR count). The van der Waals surface area contributed by atoms with Crippen LogP contribution in [-0.4, -0.2) is 21.0 Å². The fourth-order valence-electron chi connectivity index (χ4n) is 3.81. The zero-order chi connectivity index (χ0) is 23.4. The summed E-state index contributed by atoms with van der Waals surface area (Å²) in [4.78, 5) is 0. The Kier molecular flexibility index (Phi) is 8.33. The zero-order valence-electron chi connectivity index (χ0n) is 20.6. The van der Waals surface area contributed by atoms with E-state index in [4.69, 9.17) is 8.95 Å². The maximum Gasteiger partial charge on any atom is 0.192 e. The van der Waals surface area contributed by atoms with E-state index in [1.165, 1.54) is 16.2 Å².